The standard InChI is InChI=1S/C10H15NO2/c1-2-3-4-11-7-9-10(8-11)13-6-5-12-9/h7-8H,2-6H2,1H3. The van der Waals surface area contributed by atoms with Crippen molar-refractivity contribution in [2.45, 2.75) is 26.3 Å². The third-order valence-electron chi connectivity index (χ3n) is 2.18. The van der Waals surface area contributed by atoms with E-state index in [1.807, 2.05) is 12.4 Å². The van der Waals surface area contributed by atoms with Crippen molar-refractivity contribution in [3.8, 4) is 11.5 Å². The molecule has 0 unspecified atom stereocenters. The van der Waals surface area contributed by atoms with Crippen molar-refractivity contribution in [3.05, 3.63) is 12.4 Å². The van der Waals surface area contributed by atoms with E-state index in [0.717, 1.165) is 18.0 Å². The molecule has 3 heteroatoms. The maximum Gasteiger partial charge on any atom is 0.179 e. The van der Waals surface area contributed by atoms with Gasteiger partial charge in [-0.2, -0.15) is 0 Å². The Labute approximate surface area is 78.3 Å². The van der Waals surface area contributed by atoms with Gasteiger partial charge in [-0.25, -0.2) is 0 Å². The average molecular weight is 181 g/mol. The van der Waals surface area contributed by atoms with Crippen LogP contribution in [-0.2, 0) is 6.54 Å². The molecule has 0 aromatic carbocycles. The number of hydrogen-bond acceptors (Lipinski definition) is 2. The molecule has 72 valence electrons. The molecule has 1 aromatic heterocycles. The fraction of sp³-hybridized carbons (Fsp3) is 0.600. The van der Waals surface area contributed by atoms with Gasteiger partial charge in [0.15, 0.2) is 11.5 Å². The lowest BCUT2D eigenvalue weighted by Gasteiger charge is -2.13. The molecule has 0 spiro atoms. The van der Waals surface area contributed by atoms with Crippen LogP contribution in [0.4, 0.5) is 0 Å². The van der Waals surface area contributed by atoms with Gasteiger partial charge in [-0.15, -0.1) is 0 Å². The van der Waals surface area contributed by atoms with Crippen LogP contribution in [0, 0.1) is 0 Å². The second kappa shape index (κ2) is 3.73. The molecule has 13 heavy (non-hydrogen) atoms. The number of ether oxygens (including phenoxy) is 2. The van der Waals surface area contributed by atoms with Crippen LogP contribution < -0.4 is 9.47 Å². The minimum absolute atomic E-state index is 0.671. The molecule has 3 nitrogen and oxygen atoms in total. The first-order chi connectivity index (χ1) is 6.40. The van der Waals surface area contributed by atoms with E-state index >= 15 is 0 Å². The largest absolute Gasteiger partial charge is 0.485 e. The number of nitrogens with zero attached hydrogens (tertiary/aromatic N) is 1. The molecule has 1 aromatic rings. The van der Waals surface area contributed by atoms with Crippen molar-refractivity contribution in [1.29, 1.82) is 0 Å². The minimum Gasteiger partial charge on any atom is -0.485 e. The number of unbranched alkanes of at least 4 members (excludes halogenated alkanes) is 1. The van der Waals surface area contributed by atoms with Gasteiger partial charge in [0, 0.05) is 18.9 Å². The Morgan fingerprint density at radius 2 is 1.85 bits per heavy atom. The normalized spacial score (nSPS) is 14.5. The van der Waals surface area contributed by atoms with Gasteiger partial charge in [-0.1, -0.05) is 13.3 Å². The molecule has 0 bridgehead atoms. The first kappa shape index (κ1) is 8.48. The van der Waals surface area contributed by atoms with Crippen LogP contribution in [0.3, 0.4) is 0 Å². The molecule has 0 aliphatic carbocycles. The lowest BCUT2D eigenvalue weighted by atomic mass is 10.3. The highest BCUT2D eigenvalue weighted by atomic mass is 16.6. The van der Waals surface area contributed by atoms with Crippen LogP contribution >= 0.6 is 0 Å². The molecule has 0 saturated carbocycles. The van der Waals surface area contributed by atoms with Crippen molar-refractivity contribution < 1.29 is 9.47 Å². The Balaban J connectivity index is 2.07. The molecule has 0 fully saturated rings. The predicted molar refractivity (Wildman–Crippen MR) is 50.3 cm³/mol. The molecule has 0 N–H and O–H groups in total. The highest BCUT2D eigenvalue weighted by Crippen LogP contribution is 2.30. The van der Waals surface area contributed by atoms with Crippen molar-refractivity contribution in [2.75, 3.05) is 13.2 Å². The van der Waals surface area contributed by atoms with E-state index < -0.39 is 0 Å². The van der Waals surface area contributed by atoms with Crippen LogP contribution in [0.25, 0.3) is 0 Å². The predicted octanol–water partition coefficient (Wildman–Crippen LogP) is 2.06. The summed E-state index contributed by atoms with van der Waals surface area (Å²) in [5.41, 5.74) is 0. The summed E-state index contributed by atoms with van der Waals surface area (Å²) in [6.07, 6.45) is 6.45. The third kappa shape index (κ3) is 1.79. The van der Waals surface area contributed by atoms with Crippen molar-refractivity contribution in [1.82, 2.24) is 4.57 Å². The number of aromatic nitrogens is 1. The zero-order chi connectivity index (χ0) is 9.10. The first-order valence-electron chi connectivity index (χ1n) is 4.85. The van der Waals surface area contributed by atoms with E-state index in [9.17, 15) is 0 Å². The SMILES string of the molecule is CCCCn1cc2c(c1)OCCO2. The van der Waals surface area contributed by atoms with Crippen LogP contribution in [0.5, 0.6) is 11.5 Å². The number of fused-ring (bicyclic) bond motifs is 1. The maximum absolute atomic E-state index is 5.44. The average Bonchev–Trinajstić information content (AvgIpc) is 2.57. The third-order valence-corrected chi connectivity index (χ3v) is 2.18. The molecule has 1 aliphatic rings. The van der Waals surface area contributed by atoms with Gasteiger partial charge in [0.25, 0.3) is 0 Å². The zero-order valence-electron chi connectivity index (χ0n) is 7.95. The first-order valence-corrected chi connectivity index (χ1v) is 4.85. The fourth-order valence-corrected chi connectivity index (χ4v) is 1.46. The smallest absolute Gasteiger partial charge is 0.179 e. The van der Waals surface area contributed by atoms with E-state index in [1.54, 1.807) is 0 Å². The number of rotatable bonds is 3. The Kier molecular flexibility index (Phi) is 2.43. The van der Waals surface area contributed by atoms with Crippen LogP contribution in [-0.4, -0.2) is 17.8 Å². The lowest BCUT2D eigenvalue weighted by Crippen LogP contribution is -2.13. The van der Waals surface area contributed by atoms with Gasteiger partial charge in [0.1, 0.15) is 13.2 Å². The molecule has 2 rings (SSSR count). The topological polar surface area (TPSA) is 23.4 Å². The summed E-state index contributed by atoms with van der Waals surface area (Å²) >= 11 is 0. The highest BCUT2D eigenvalue weighted by Gasteiger charge is 2.13. The summed E-state index contributed by atoms with van der Waals surface area (Å²) in [6, 6.07) is 0. The van der Waals surface area contributed by atoms with Crippen LogP contribution in [0.1, 0.15) is 19.8 Å². The second-order valence-corrected chi connectivity index (χ2v) is 3.28. The van der Waals surface area contributed by atoms with Gasteiger partial charge in [-0.3, -0.25) is 0 Å². The molecule has 0 saturated heterocycles. The summed E-state index contributed by atoms with van der Waals surface area (Å²) in [6.45, 7) is 4.59. The maximum atomic E-state index is 5.44. The highest BCUT2D eigenvalue weighted by molar-refractivity contribution is 5.38. The lowest BCUT2D eigenvalue weighted by molar-refractivity contribution is 0.173. The fourth-order valence-electron chi connectivity index (χ4n) is 1.46. The van der Waals surface area contributed by atoms with Crippen molar-refractivity contribution in [2.24, 2.45) is 0 Å². The van der Waals surface area contributed by atoms with Gasteiger partial charge in [0.05, 0.1) is 0 Å². The second-order valence-electron chi connectivity index (χ2n) is 3.28. The van der Waals surface area contributed by atoms with E-state index in [4.69, 9.17) is 9.47 Å². The van der Waals surface area contributed by atoms with Crippen LogP contribution in [0.2, 0.25) is 0 Å². The molecule has 1 aliphatic heterocycles. The van der Waals surface area contributed by atoms with E-state index in [-0.39, 0.29) is 0 Å². The van der Waals surface area contributed by atoms with Crippen molar-refractivity contribution in [3.63, 3.8) is 0 Å². The van der Waals surface area contributed by atoms with Crippen molar-refractivity contribution >= 4 is 0 Å². The van der Waals surface area contributed by atoms with Gasteiger partial charge in [-0.05, 0) is 6.42 Å². The molecule has 0 atom stereocenters. The van der Waals surface area contributed by atoms with Gasteiger partial charge >= 0.3 is 0 Å². The zero-order valence-corrected chi connectivity index (χ0v) is 7.95. The minimum atomic E-state index is 0.671. The van der Waals surface area contributed by atoms with Crippen LogP contribution in [0.15, 0.2) is 12.4 Å². The molecule has 2 heterocycles. The molecule has 0 amide bonds. The van der Waals surface area contributed by atoms with E-state index in [0.29, 0.717) is 13.2 Å². The summed E-state index contributed by atoms with van der Waals surface area (Å²) in [5.74, 6) is 1.78. The van der Waals surface area contributed by atoms with E-state index in [2.05, 4.69) is 11.5 Å². The summed E-state index contributed by atoms with van der Waals surface area (Å²) in [7, 11) is 0. The summed E-state index contributed by atoms with van der Waals surface area (Å²) < 4.78 is 13.0. The van der Waals surface area contributed by atoms with E-state index in [1.165, 1.54) is 12.8 Å². The van der Waals surface area contributed by atoms with Gasteiger partial charge in [0.2, 0.25) is 0 Å². The Morgan fingerprint density at radius 1 is 1.23 bits per heavy atom. The number of aryl methyl sites for hydroxylation is 1. The monoisotopic (exact) mass is 181 g/mol. The van der Waals surface area contributed by atoms with Gasteiger partial charge < -0.3 is 14.0 Å². The molecular formula is C10H15NO2. The molecular weight excluding hydrogens is 166 g/mol. The Bertz CT molecular complexity index is 257. The Hall–Kier alpha value is -1.12. The summed E-state index contributed by atoms with van der Waals surface area (Å²) in [5, 5.41) is 0. The Morgan fingerprint density at radius 3 is 2.38 bits per heavy atom. The quantitative estimate of drug-likeness (QED) is 0.712. The number of hydrogen-bond donors (Lipinski definition) is 0. The molecule has 0 radical (unpaired) electrons. The summed E-state index contributed by atoms with van der Waals surface area (Å²) in [4.78, 5) is 0.